The van der Waals surface area contributed by atoms with Crippen LogP contribution in [0.3, 0.4) is 0 Å². The molecule has 2 aromatic rings. The molecule has 1 fully saturated rings. The molecule has 1 saturated heterocycles. The Morgan fingerprint density at radius 2 is 1.73 bits per heavy atom. The summed E-state index contributed by atoms with van der Waals surface area (Å²) >= 11 is 0. The lowest BCUT2D eigenvalue weighted by atomic mass is 10.0. The first-order valence-electron chi connectivity index (χ1n) is 9.77. The van der Waals surface area contributed by atoms with E-state index in [0.717, 1.165) is 12.8 Å². The summed E-state index contributed by atoms with van der Waals surface area (Å²) in [7, 11) is -3.69. The van der Waals surface area contributed by atoms with Crippen LogP contribution in [0.2, 0.25) is 0 Å². The third kappa shape index (κ3) is 4.52. The highest BCUT2D eigenvalue weighted by Crippen LogP contribution is 2.26. The van der Waals surface area contributed by atoms with E-state index >= 15 is 0 Å². The molecule has 30 heavy (non-hydrogen) atoms. The van der Waals surface area contributed by atoms with Gasteiger partial charge in [-0.25, -0.2) is 8.42 Å². The Hall–Kier alpha value is -2.78. The van der Waals surface area contributed by atoms with Gasteiger partial charge in [0.05, 0.1) is 15.5 Å². The fourth-order valence-electron chi connectivity index (χ4n) is 3.43. The molecule has 0 aromatic heterocycles. The van der Waals surface area contributed by atoms with Gasteiger partial charge in [0.15, 0.2) is 0 Å². The van der Waals surface area contributed by atoms with Crippen molar-refractivity contribution in [3.8, 4) is 0 Å². The number of piperidine rings is 1. The Bertz CT molecular complexity index is 1090. The van der Waals surface area contributed by atoms with E-state index in [-0.39, 0.29) is 16.1 Å². The van der Waals surface area contributed by atoms with Gasteiger partial charge in [0.25, 0.3) is 11.6 Å². The maximum absolute atomic E-state index is 13.0. The van der Waals surface area contributed by atoms with Gasteiger partial charge in [0.1, 0.15) is 0 Å². The number of nitro benzene ring substituents is 1. The molecular formula is C21H25N3O5S. The van der Waals surface area contributed by atoms with Gasteiger partial charge in [-0.3, -0.25) is 14.9 Å². The van der Waals surface area contributed by atoms with Gasteiger partial charge in [-0.05, 0) is 55.9 Å². The van der Waals surface area contributed by atoms with E-state index in [1.165, 1.54) is 28.6 Å². The number of sulfonamides is 1. The highest BCUT2D eigenvalue weighted by molar-refractivity contribution is 7.89. The molecule has 1 heterocycles. The summed E-state index contributed by atoms with van der Waals surface area (Å²) in [6.45, 7) is 6.48. The first-order chi connectivity index (χ1) is 14.1. The zero-order valence-electron chi connectivity index (χ0n) is 17.2. The van der Waals surface area contributed by atoms with Crippen LogP contribution in [-0.4, -0.2) is 36.6 Å². The summed E-state index contributed by atoms with van der Waals surface area (Å²) in [6, 6.07) is 8.71. The molecule has 1 N–H and O–H groups in total. The number of hydrogen-bond acceptors (Lipinski definition) is 5. The van der Waals surface area contributed by atoms with Crippen LogP contribution in [0.4, 0.5) is 11.4 Å². The van der Waals surface area contributed by atoms with Crippen LogP contribution in [-0.2, 0) is 10.0 Å². The fraction of sp³-hybridized carbons (Fsp3) is 0.381. The van der Waals surface area contributed by atoms with Gasteiger partial charge in [-0.2, -0.15) is 4.31 Å². The summed E-state index contributed by atoms with van der Waals surface area (Å²) in [5.41, 5.74) is 1.67. The minimum absolute atomic E-state index is 0.0727. The number of nitrogens with zero attached hydrogens (tertiary/aromatic N) is 2. The topological polar surface area (TPSA) is 110 Å². The fourth-order valence-corrected chi connectivity index (χ4v) is 4.92. The molecule has 0 radical (unpaired) electrons. The molecule has 2 aromatic carbocycles. The highest BCUT2D eigenvalue weighted by atomic mass is 32.2. The monoisotopic (exact) mass is 431 g/mol. The van der Waals surface area contributed by atoms with Crippen LogP contribution >= 0.6 is 0 Å². The molecule has 0 unspecified atom stereocenters. The van der Waals surface area contributed by atoms with Crippen molar-refractivity contribution < 1.29 is 18.1 Å². The summed E-state index contributed by atoms with van der Waals surface area (Å²) in [6.07, 6.45) is 1.62. The summed E-state index contributed by atoms with van der Waals surface area (Å²) in [4.78, 5) is 23.4. The number of nitrogens with one attached hydrogen (secondary N) is 1. The molecule has 3 rings (SSSR count). The average Bonchev–Trinajstić information content (AvgIpc) is 2.69. The Morgan fingerprint density at radius 3 is 2.37 bits per heavy atom. The largest absolute Gasteiger partial charge is 0.321 e. The smallest absolute Gasteiger partial charge is 0.271 e. The second-order valence-corrected chi connectivity index (χ2v) is 9.71. The van der Waals surface area contributed by atoms with Gasteiger partial charge in [0.2, 0.25) is 10.0 Å². The summed E-state index contributed by atoms with van der Waals surface area (Å²) in [5, 5.41) is 13.7. The number of benzene rings is 2. The van der Waals surface area contributed by atoms with Gasteiger partial charge in [0, 0.05) is 30.8 Å². The quantitative estimate of drug-likeness (QED) is 0.571. The number of rotatable bonds is 5. The van der Waals surface area contributed by atoms with Crippen molar-refractivity contribution in [1.82, 2.24) is 4.31 Å². The third-order valence-electron chi connectivity index (χ3n) is 5.51. The van der Waals surface area contributed by atoms with E-state index in [2.05, 4.69) is 12.2 Å². The molecule has 160 valence electrons. The molecule has 1 aliphatic rings. The highest BCUT2D eigenvalue weighted by Gasteiger charge is 2.29. The maximum atomic E-state index is 13.0. The molecule has 0 atom stereocenters. The molecular weight excluding hydrogens is 406 g/mol. The van der Waals surface area contributed by atoms with Crippen molar-refractivity contribution in [3.63, 3.8) is 0 Å². The van der Waals surface area contributed by atoms with E-state index < -0.39 is 20.9 Å². The van der Waals surface area contributed by atoms with Crippen molar-refractivity contribution in [1.29, 1.82) is 0 Å². The molecule has 8 nitrogen and oxygen atoms in total. The first kappa shape index (κ1) is 21.9. The molecule has 0 aliphatic carbocycles. The molecule has 1 aliphatic heterocycles. The van der Waals surface area contributed by atoms with Crippen molar-refractivity contribution in [3.05, 3.63) is 63.2 Å². The summed E-state index contributed by atoms with van der Waals surface area (Å²) < 4.78 is 27.5. The first-order valence-corrected chi connectivity index (χ1v) is 11.2. The number of hydrogen-bond donors (Lipinski definition) is 1. The minimum Gasteiger partial charge on any atom is -0.321 e. The number of nitro groups is 1. The van der Waals surface area contributed by atoms with E-state index in [0.29, 0.717) is 35.8 Å². The molecule has 0 bridgehead atoms. The van der Waals surface area contributed by atoms with Crippen LogP contribution in [0.25, 0.3) is 0 Å². The number of carbonyl (C=O) groups is 1. The van der Waals surface area contributed by atoms with Gasteiger partial charge in [-0.15, -0.1) is 0 Å². The van der Waals surface area contributed by atoms with E-state index in [4.69, 9.17) is 0 Å². The number of anilines is 1. The maximum Gasteiger partial charge on any atom is 0.271 e. The molecule has 1 amide bonds. The number of amides is 1. The van der Waals surface area contributed by atoms with Crippen molar-refractivity contribution in [2.75, 3.05) is 18.4 Å². The van der Waals surface area contributed by atoms with Crippen molar-refractivity contribution in [2.45, 2.75) is 38.5 Å². The van der Waals surface area contributed by atoms with Crippen molar-refractivity contribution in [2.24, 2.45) is 5.92 Å². The van der Waals surface area contributed by atoms with Gasteiger partial charge >= 0.3 is 0 Å². The van der Waals surface area contributed by atoms with E-state index in [9.17, 15) is 23.3 Å². The Morgan fingerprint density at radius 1 is 1.10 bits per heavy atom. The molecule has 0 spiro atoms. The van der Waals surface area contributed by atoms with Crippen LogP contribution in [0.1, 0.15) is 41.3 Å². The zero-order chi connectivity index (χ0) is 22.1. The third-order valence-corrected chi connectivity index (χ3v) is 7.41. The Labute approximate surface area is 176 Å². The zero-order valence-corrected chi connectivity index (χ0v) is 18.0. The minimum atomic E-state index is -3.69. The SMILES string of the molecule is Cc1ccc([N+](=O)[O-])cc1NC(=O)c1cc(S(=O)(=O)N2CCC(C)CC2)ccc1C. The predicted octanol–water partition coefficient (Wildman–Crippen LogP) is 3.88. The van der Waals surface area contributed by atoms with Crippen LogP contribution in [0.5, 0.6) is 0 Å². The van der Waals surface area contributed by atoms with Crippen LogP contribution in [0, 0.1) is 29.9 Å². The Balaban J connectivity index is 1.89. The predicted molar refractivity (Wildman–Crippen MR) is 114 cm³/mol. The van der Waals surface area contributed by atoms with E-state index in [1.807, 2.05) is 0 Å². The van der Waals surface area contributed by atoms with Crippen LogP contribution < -0.4 is 5.32 Å². The normalized spacial score (nSPS) is 15.7. The number of non-ortho nitro benzene ring substituents is 1. The number of carbonyl (C=O) groups excluding carboxylic acids is 1. The van der Waals surface area contributed by atoms with Gasteiger partial charge < -0.3 is 5.32 Å². The standard InChI is InChI=1S/C21H25N3O5S/c1-14-8-10-23(11-9-14)30(28,29)18-7-5-15(2)19(13-18)21(25)22-20-12-17(24(26)27)6-4-16(20)3/h4-7,12-14H,8-11H2,1-3H3,(H,22,25). The van der Waals surface area contributed by atoms with Gasteiger partial charge in [-0.1, -0.05) is 19.1 Å². The summed E-state index contributed by atoms with van der Waals surface area (Å²) in [5.74, 6) is -0.0191. The lowest BCUT2D eigenvalue weighted by molar-refractivity contribution is -0.384. The molecule has 9 heteroatoms. The van der Waals surface area contributed by atoms with E-state index in [1.54, 1.807) is 26.0 Å². The van der Waals surface area contributed by atoms with Crippen molar-refractivity contribution >= 4 is 27.3 Å². The van der Waals surface area contributed by atoms with Crippen LogP contribution in [0.15, 0.2) is 41.3 Å². The second-order valence-electron chi connectivity index (χ2n) is 7.77. The molecule has 0 saturated carbocycles. The second kappa shape index (κ2) is 8.53. The Kier molecular flexibility index (Phi) is 6.23. The number of aryl methyl sites for hydroxylation is 2. The lowest BCUT2D eigenvalue weighted by Crippen LogP contribution is -2.38. The lowest BCUT2D eigenvalue weighted by Gasteiger charge is -2.29. The average molecular weight is 432 g/mol.